The summed E-state index contributed by atoms with van der Waals surface area (Å²) in [5.74, 6) is 0.832. The van der Waals surface area contributed by atoms with Crippen molar-refractivity contribution in [3.05, 3.63) is 47.1 Å². The second-order valence-electron chi connectivity index (χ2n) is 7.14. The molecule has 4 heterocycles. The molecule has 9 nitrogen and oxygen atoms in total. The lowest BCUT2D eigenvalue weighted by Gasteiger charge is -2.31. The van der Waals surface area contributed by atoms with Gasteiger partial charge in [-0.15, -0.1) is 10.2 Å². The minimum absolute atomic E-state index is 0.00939. The zero-order valence-corrected chi connectivity index (χ0v) is 17.8. The molecule has 1 atom stereocenters. The highest BCUT2D eigenvalue weighted by Crippen LogP contribution is 2.26. The fraction of sp³-hybridized carbons (Fsp3) is 0.400. The van der Waals surface area contributed by atoms with E-state index >= 15 is 0 Å². The maximum absolute atomic E-state index is 12.6. The third-order valence-electron chi connectivity index (χ3n) is 5.08. The summed E-state index contributed by atoms with van der Waals surface area (Å²) in [6.45, 7) is 3.45. The van der Waals surface area contributed by atoms with Gasteiger partial charge in [0.25, 0.3) is 0 Å². The highest BCUT2D eigenvalue weighted by Gasteiger charge is 2.25. The number of carbonyl (C=O) groups excluding carboxylic acids is 1. The summed E-state index contributed by atoms with van der Waals surface area (Å²) in [5.41, 5.74) is 1.80. The minimum Gasteiger partial charge on any atom is -0.338 e. The fourth-order valence-electron chi connectivity index (χ4n) is 3.40. The van der Waals surface area contributed by atoms with Gasteiger partial charge < -0.3 is 10.2 Å². The number of nitrogens with zero attached hydrogens (tertiary/aromatic N) is 7. The quantitative estimate of drug-likeness (QED) is 0.607. The molecule has 10 heteroatoms. The van der Waals surface area contributed by atoms with E-state index in [1.165, 1.54) is 11.3 Å². The molecule has 156 valence electrons. The van der Waals surface area contributed by atoms with Crippen molar-refractivity contribution in [1.82, 2.24) is 34.8 Å². The summed E-state index contributed by atoms with van der Waals surface area (Å²) in [7, 11) is 1.85. The number of rotatable bonds is 6. The first-order chi connectivity index (χ1) is 14.6. The number of amides is 1. The minimum atomic E-state index is 0.00939. The van der Waals surface area contributed by atoms with Crippen LogP contribution in [0.25, 0.3) is 6.08 Å². The highest BCUT2D eigenvalue weighted by atomic mass is 32.1. The van der Waals surface area contributed by atoms with Gasteiger partial charge in [-0.05, 0) is 31.4 Å². The monoisotopic (exact) mass is 424 g/mol. The van der Waals surface area contributed by atoms with Crippen molar-refractivity contribution in [3.63, 3.8) is 0 Å². The largest absolute Gasteiger partial charge is 0.338 e. The van der Waals surface area contributed by atoms with Crippen molar-refractivity contribution in [1.29, 1.82) is 0 Å². The summed E-state index contributed by atoms with van der Waals surface area (Å²) in [4.78, 5) is 23.5. The molecule has 30 heavy (non-hydrogen) atoms. The molecular formula is C20H24N8OS. The maximum atomic E-state index is 12.6. The number of carbonyl (C=O) groups is 1. The molecule has 1 N–H and O–H groups in total. The average Bonchev–Trinajstić information content (AvgIpc) is 3.41. The third-order valence-corrected chi connectivity index (χ3v) is 6.07. The molecule has 3 aromatic heterocycles. The standard InChI is InChI=1S/C20H24N8OS/c1-3-18-25-26-20(30-18)24-17-12-21-16(11-22-17)14-5-4-10-28(13-14)19(29)7-6-15-8-9-23-27(15)2/h6-9,11-12,14H,3-5,10,13H2,1-2H3,(H,22,24,26)/b7-6+/t14-/m1/s1. The van der Waals surface area contributed by atoms with Crippen LogP contribution in [0.15, 0.2) is 30.7 Å². The smallest absolute Gasteiger partial charge is 0.246 e. The van der Waals surface area contributed by atoms with Gasteiger partial charge >= 0.3 is 0 Å². The van der Waals surface area contributed by atoms with Crippen LogP contribution in [0, 0.1) is 0 Å². The van der Waals surface area contributed by atoms with Gasteiger partial charge in [-0.25, -0.2) is 4.98 Å². The summed E-state index contributed by atoms with van der Waals surface area (Å²) in [5, 5.41) is 17.1. The molecule has 4 rings (SSSR count). The van der Waals surface area contributed by atoms with E-state index in [0.29, 0.717) is 17.5 Å². The van der Waals surface area contributed by atoms with Crippen LogP contribution in [0.1, 0.15) is 42.1 Å². The number of aryl methyl sites for hydroxylation is 2. The maximum Gasteiger partial charge on any atom is 0.246 e. The van der Waals surface area contributed by atoms with Crippen LogP contribution in [0.2, 0.25) is 0 Å². The summed E-state index contributed by atoms with van der Waals surface area (Å²) < 4.78 is 1.73. The third kappa shape index (κ3) is 4.70. The second-order valence-corrected chi connectivity index (χ2v) is 8.20. The Morgan fingerprint density at radius 1 is 1.33 bits per heavy atom. The van der Waals surface area contributed by atoms with E-state index in [4.69, 9.17) is 0 Å². The first-order valence-corrected chi connectivity index (χ1v) is 10.8. The van der Waals surface area contributed by atoms with Gasteiger partial charge in [0.15, 0.2) is 5.82 Å². The van der Waals surface area contributed by atoms with E-state index in [-0.39, 0.29) is 11.8 Å². The van der Waals surface area contributed by atoms with Crippen LogP contribution < -0.4 is 5.32 Å². The van der Waals surface area contributed by atoms with Crippen molar-refractivity contribution < 1.29 is 4.79 Å². The highest BCUT2D eigenvalue weighted by molar-refractivity contribution is 7.15. The predicted octanol–water partition coefficient (Wildman–Crippen LogP) is 2.79. The number of nitrogens with one attached hydrogen (secondary N) is 1. The van der Waals surface area contributed by atoms with E-state index in [1.807, 2.05) is 24.9 Å². The Bertz CT molecular complexity index is 1030. The van der Waals surface area contributed by atoms with E-state index in [1.54, 1.807) is 35.4 Å². The van der Waals surface area contributed by atoms with Crippen LogP contribution in [0.3, 0.4) is 0 Å². The molecule has 0 aromatic carbocycles. The van der Waals surface area contributed by atoms with Crippen molar-refractivity contribution >= 4 is 34.3 Å². The van der Waals surface area contributed by atoms with Crippen molar-refractivity contribution in [3.8, 4) is 0 Å². The zero-order valence-electron chi connectivity index (χ0n) is 17.0. The molecule has 0 unspecified atom stereocenters. The molecule has 0 bridgehead atoms. The Morgan fingerprint density at radius 3 is 2.93 bits per heavy atom. The molecule has 1 aliphatic heterocycles. The van der Waals surface area contributed by atoms with E-state index < -0.39 is 0 Å². The zero-order chi connectivity index (χ0) is 20.9. The number of piperidine rings is 1. The number of likely N-dealkylation sites (tertiary alicyclic amines) is 1. The van der Waals surface area contributed by atoms with E-state index in [9.17, 15) is 4.79 Å². The van der Waals surface area contributed by atoms with Crippen LogP contribution in [0.5, 0.6) is 0 Å². The Morgan fingerprint density at radius 2 is 2.23 bits per heavy atom. The summed E-state index contributed by atoms with van der Waals surface area (Å²) in [6, 6.07) is 1.87. The molecule has 1 saturated heterocycles. The number of hydrogen-bond donors (Lipinski definition) is 1. The molecule has 0 radical (unpaired) electrons. The van der Waals surface area contributed by atoms with Crippen LogP contribution >= 0.6 is 11.3 Å². The SMILES string of the molecule is CCc1nnc(Nc2cnc([C@@H]3CCCN(C(=O)/C=C/c4ccnn4C)C3)cn2)s1. The van der Waals surface area contributed by atoms with Gasteiger partial charge in [-0.1, -0.05) is 18.3 Å². The van der Waals surface area contributed by atoms with Gasteiger partial charge in [0, 0.05) is 38.3 Å². The Labute approximate surface area is 178 Å². The predicted molar refractivity (Wildman–Crippen MR) is 115 cm³/mol. The molecule has 1 aliphatic rings. The molecular weight excluding hydrogens is 400 g/mol. The topological polar surface area (TPSA) is 102 Å². The Kier molecular flexibility index (Phi) is 6.12. The Balaban J connectivity index is 1.37. The van der Waals surface area contributed by atoms with Gasteiger partial charge in [0.05, 0.1) is 23.8 Å². The van der Waals surface area contributed by atoms with Crippen LogP contribution in [-0.2, 0) is 18.3 Å². The van der Waals surface area contributed by atoms with Crippen molar-refractivity contribution in [2.24, 2.45) is 7.05 Å². The summed E-state index contributed by atoms with van der Waals surface area (Å²) in [6.07, 6.45) is 11.4. The molecule has 3 aromatic rings. The number of anilines is 2. The molecule has 1 fully saturated rings. The van der Waals surface area contributed by atoms with Gasteiger partial charge in [-0.2, -0.15) is 5.10 Å². The van der Waals surface area contributed by atoms with Crippen molar-refractivity contribution in [2.75, 3.05) is 18.4 Å². The van der Waals surface area contributed by atoms with Gasteiger partial charge in [0.1, 0.15) is 5.01 Å². The van der Waals surface area contributed by atoms with E-state index in [0.717, 1.165) is 42.2 Å². The van der Waals surface area contributed by atoms with Gasteiger partial charge in [0.2, 0.25) is 11.0 Å². The van der Waals surface area contributed by atoms with Crippen LogP contribution in [-0.4, -0.2) is 53.8 Å². The lowest BCUT2D eigenvalue weighted by Crippen LogP contribution is -2.38. The fourth-order valence-corrected chi connectivity index (χ4v) is 4.08. The molecule has 0 spiro atoms. The first-order valence-electron chi connectivity index (χ1n) is 9.98. The van der Waals surface area contributed by atoms with Gasteiger partial charge in [-0.3, -0.25) is 14.5 Å². The lowest BCUT2D eigenvalue weighted by molar-refractivity contribution is -0.127. The number of hydrogen-bond acceptors (Lipinski definition) is 8. The second kappa shape index (κ2) is 9.12. The van der Waals surface area contributed by atoms with Crippen LogP contribution in [0.4, 0.5) is 10.9 Å². The molecule has 0 saturated carbocycles. The molecule has 0 aliphatic carbocycles. The lowest BCUT2D eigenvalue weighted by atomic mass is 9.95. The normalized spacial score (nSPS) is 16.9. The first kappa shape index (κ1) is 20.1. The van der Waals surface area contributed by atoms with Crippen molar-refractivity contribution in [2.45, 2.75) is 32.1 Å². The molecule has 1 amide bonds. The number of aromatic nitrogens is 6. The average molecular weight is 425 g/mol. The summed E-state index contributed by atoms with van der Waals surface area (Å²) >= 11 is 1.51. The Hall–Kier alpha value is -3.14. The van der Waals surface area contributed by atoms with E-state index in [2.05, 4.69) is 30.6 Å².